The molecule has 1 aliphatic carbocycles. The quantitative estimate of drug-likeness (QED) is 0.780. The van der Waals surface area contributed by atoms with Crippen molar-refractivity contribution in [2.45, 2.75) is 37.0 Å². The molecule has 1 N–H and O–H groups in total. The number of rotatable bonds is 2. The highest BCUT2D eigenvalue weighted by Gasteiger charge is 2.41. The minimum absolute atomic E-state index is 0.0670. The molecule has 1 unspecified atom stereocenters. The van der Waals surface area contributed by atoms with Crippen molar-refractivity contribution in [2.24, 2.45) is 0 Å². The van der Waals surface area contributed by atoms with Crippen LogP contribution in [0.2, 0.25) is 0 Å². The number of aromatic amines is 1. The number of hydrogen-bond donors (Lipinski definition) is 1. The molecule has 1 fully saturated rings. The molecule has 0 aromatic carbocycles. The molecule has 1 aromatic rings. The zero-order valence-electron chi connectivity index (χ0n) is 7.43. The van der Waals surface area contributed by atoms with E-state index in [-0.39, 0.29) is 24.6 Å². The number of hydrogen-bond acceptors (Lipinski definition) is 2. The molecule has 3 nitrogen and oxygen atoms in total. The standard InChI is InChI=1S/C8H10ClF2N3/c9-4-6-12-7(14-13-6)5-1-2-8(10,11)3-5/h5H,1-4H2,(H,12,13,14). The van der Waals surface area contributed by atoms with Gasteiger partial charge in [-0.3, -0.25) is 5.10 Å². The summed E-state index contributed by atoms with van der Waals surface area (Å²) >= 11 is 5.52. The summed E-state index contributed by atoms with van der Waals surface area (Å²) in [5.74, 6) is -1.53. The summed E-state index contributed by atoms with van der Waals surface area (Å²) in [5, 5.41) is 6.50. The van der Waals surface area contributed by atoms with E-state index < -0.39 is 5.92 Å². The van der Waals surface area contributed by atoms with Gasteiger partial charge in [0, 0.05) is 18.8 Å². The number of nitrogens with zero attached hydrogens (tertiary/aromatic N) is 2. The summed E-state index contributed by atoms with van der Waals surface area (Å²) in [7, 11) is 0. The summed E-state index contributed by atoms with van der Waals surface area (Å²) in [6.07, 6.45) is 0.238. The van der Waals surface area contributed by atoms with Crippen LogP contribution in [0.25, 0.3) is 0 Å². The van der Waals surface area contributed by atoms with Gasteiger partial charge < -0.3 is 0 Å². The van der Waals surface area contributed by atoms with Gasteiger partial charge in [-0.2, -0.15) is 5.10 Å². The zero-order valence-corrected chi connectivity index (χ0v) is 8.19. The first-order valence-electron chi connectivity index (χ1n) is 4.46. The van der Waals surface area contributed by atoms with Gasteiger partial charge in [-0.15, -0.1) is 11.6 Å². The highest BCUT2D eigenvalue weighted by molar-refractivity contribution is 6.16. The Morgan fingerprint density at radius 1 is 1.57 bits per heavy atom. The van der Waals surface area contributed by atoms with Crippen LogP contribution in [0.15, 0.2) is 0 Å². The molecule has 0 spiro atoms. The van der Waals surface area contributed by atoms with Crippen molar-refractivity contribution in [1.82, 2.24) is 15.2 Å². The van der Waals surface area contributed by atoms with E-state index >= 15 is 0 Å². The van der Waals surface area contributed by atoms with Gasteiger partial charge in [-0.1, -0.05) is 0 Å². The van der Waals surface area contributed by atoms with Crippen LogP contribution in [0.3, 0.4) is 0 Å². The molecule has 6 heteroatoms. The van der Waals surface area contributed by atoms with Crippen LogP contribution in [-0.4, -0.2) is 21.1 Å². The molecule has 0 bridgehead atoms. The van der Waals surface area contributed by atoms with Crippen molar-refractivity contribution in [3.63, 3.8) is 0 Å². The predicted molar refractivity (Wildman–Crippen MR) is 47.5 cm³/mol. The topological polar surface area (TPSA) is 41.6 Å². The van der Waals surface area contributed by atoms with E-state index in [0.29, 0.717) is 18.1 Å². The number of H-pyrrole nitrogens is 1. The van der Waals surface area contributed by atoms with Gasteiger partial charge in [0.05, 0.1) is 5.88 Å². The summed E-state index contributed by atoms with van der Waals surface area (Å²) < 4.78 is 25.8. The van der Waals surface area contributed by atoms with Crippen LogP contribution in [-0.2, 0) is 5.88 Å². The van der Waals surface area contributed by atoms with Crippen molar-refractivity contribution in [3.05, 3.63) is 11.6 Å². The van der Waals surface area contributed by atoms with E-state index in [0.717, 1.165) is 0 Å². The van der Waals surface area contributed by atoms with E-state index in [4.69, 9.17) is 11.6 Å². The van der Waals surface area contributed by atoms with Crippen molar-refractivity contribution >= 4 is 11.6 Å². The first-order chi connectivity index (χ1) is 6.61. The van der Waals surface area contributed by atoms with Crippen LogP contribution < -0.4 is 0 Å². The molecule has 2 rings (SSSR count). The predicted octanol–water partition coefficient (Wildman–Crippen LogP) is 2.45. The molecule has 0 amide bonds. The highest BCUT2D eigenvalue weighted by Crippen LogP contribution is 2.42. The Morgan fingerprint density at radius 3 is 2.86 bits per heavy atom. The summed E-state index contributed by atoms with van der Waals surface area (Å²) in [6, 6.07) is 0. The molecular weight excluding hydrogens is 212 g/mol. The summed E-state index contributed by atoms with van der Waals surface area (Å²) in [6.45, 7) is 0. The van der Waals surface area contributed by atoms with Gasteiger partial charge in [0.1, 0.15) is 5.82 Å². The Morgan fingerprint density at radius 2 is 2.36 bits per heavy atom. The lowest BCUT2D eigenvalue weighted by Gasteiger charge is -2.06. The van der Waals surface area contributed by atoms with Gasteiger partial charge >= 0.3 is 0 Å². The largest absolute Gasteiger partial charge is 0.262 e. The van der Waals surface area contributed by atoms with E-state index in [1.807, 2.05) is 0 Å². The van der Waals surface area contributed by atoms with E-state index in [1.54, 1.807) is 0 Å². The molecule has 0 aliphatic heterocycles. The van der Waals surface area contributed by atoms with Gasteiger partial charge in [0.2, 0.25) is 5.92 Å². The first kappa shape index (κ1) is 9.83. The number of aromatic nitrogens is 3. The lowest BCUT2D eigenvalue weighted by atomic mass is 10.1. The fourth-order valence-electron chi connectivity index (χ4n) is 1.72. The van der Waals surface area contributed by atoms with Crippen LogP contribution in [0.1, 0.15) is 36.8 Å². The molecule has 14 heavy (non-hydrogen) atoms. The summed E-state index contributed by atoms with van der Waals surface area (Å²) in [4.78, 5) is 4.04. The minimum Gasteiger partial charge on any atom is -0.262 e. The second-order valence-corrected chi connectivity index (χ2v) is 3.84. The third kappa shape index (κ3) is 1.87. The maximum Gasteiger partial charge on any atom is 0.248 e. The minimum atomic E-state index is -2.55. The highest BCUT2D eigenvalue weighted by atomic mass is 35.5. The Kier molecular flexibility index (Phi) is 2.43. The Balaban J connectivity index is 2.09. The summed E-state index contributed by atoms with van der Waals surface area (Å²) in [5.41, 5.74) is 0. The lowest BCUT2D eigenvalue weighted by Crippen LogP contribution is -2.09. The monoisotopic (exact) mass is 221 g/mol. The van der Waals surface area contributed by atoms with Gasteiger partial charge in [0.25, 0.3) is 0 Å². The van der Waals surface area contributed by atoms with Crippen molar-refractivity contribution in [2.75, 3.05) is 0 Å². The molecule has 0 saturated heterocycles. The normalized spacial score (nSPS) is 25.5. The number of nitrogens with one attached hydrogen (secondary N) is 1. The Hall–Kier alpha value is -0.710. The zero-order chi connectivity index (χ0) is 10.2. The Labute approximate surface area is 84.9 Å². The molecule has 1 heterocycles. The van der Waals surface area contributed by atoms with E-state index in [1.165, 1.54) is 0 Å². The molecule has 1 aromatic heterocycles. The molecule has 1 atom stereocenters. The number of alkyl halides is 3. The maximum atomic E-state index is 12.9. The van der Waals surface area contributed by atoms with E-state index in [9.17, 15) is 8.78 Å². The Bertz CT molecular complexity index is 326. The third-order valence-corrected chi connectivity index (χ3v) is 2.70. The van der Waals surface area contributed by atoms with Crippen LogP contribution >= 0.6 is 11.6 Å². The third-order valence-electron chi connectivity index (χ3n) is 2.44. The van der Waals surface area contributed by atoms with Gasteiger partial charge in [0.15, 0.2) is 5.82 Å². The van der Waals surface area contributed by atoms with Crippen LogP contribution in [0, 0.1) is 0 Å². The van der Waals surface area contributed by atoms with Gasteiger partial charge in [-0.25, -0.2) is 13.8 Å². The first-order valence-corrected chi connectivity index (χ1v) is 4.99. The molecule has 0 radical (unpaired) electrons. The smallest absolute Gasteiger partial charge is 0.248 e. The average Bonchev–Trinajstić information content (AvgIpc) is 2.70. The lowest BCUT2D eigenvalue weighted by molar-refractivity contribution is 0.00755. The van der Waals surface area contributed by atoms with Crippen molar-refractivity contribution in [3.8, 4) is 0 Å². The number of halogens is 3. The maximum absolute atomic E-state index is 12.9. The SMILES string of the molecule is FC1(F)CCC(c2n[nH]c(CCl)n2)C1. The second-order valence-electron chi connectivity index (χ2n) is 3.57. The van der Waals surface area contributed by atoms with Crippen LogP contribution in [0.4, 0.5) is 8.78 Å². The molecular formula is C8H10ClF2N3. The fourth-order valence-corrected chi connectivity index (χ4v) is 1.84. The van der Waals surface area contributed by atoms with Crippen molar-refractivity contribution < 1.29 is 8.78 Å². The van der Waals surface area contributed by atoms with Crippen LogP contribution in [0.5, 0.6) is 0 Å². The second kappa shape index (κ2) is 3.46. The molecule has 1 aliphatic rings. The fraction of sp³-hybridized carbons (Fsp3) is 0.750. The van der Waals surface area contributed by atoms with Crippen molar-refractivity contribution in [1.29, 1.82) is 0 Å². The average molecular weight is 222 g/mol. The van der Waals surface area contributed by atoms with E-state index in [2.05, 4.69) is 15.2 Å². The molecule has 1 saturated carbocycles. The van der Waals surface area contributed by atoms with Gasteiger partial charge in [-0.05, 0) is 6.42 Å². The molecule has 78 valence electrons.